The van der Waals surface area contributed by atoms with Gasteiger partial charge in [-0.05, 0) is 0 Å². The number of hydrogen-bond donors (Lipinski definition) is 1. The fourth-order valence-electron chi connectivity index (χ4n) is 1.49. The summed E-state index contributed by atoms with van der Waals surface area (Å²) in [5.41, 5.74) is -8.94. The van der Waals surface area contributed by atoms with Crippen LogP contribution in [0.4, 0.5) is 74.6 Å². The van der Waals surface area contributed by atoms with Crippen LogP contribution >= 0.6 is 0 Å². The summed E-state index contributed by atoms with van der Waals surface area (Å²) in [5, 5.41) is 7.61. The molecule has 19 heteroatoms. The van der Waals surface area contributed by atoms with E-state index in [2.05, 4.69) is 0 Å². The molecule has 0 spiro atoms. The zero-order chi connectivity index (χ0) is 23.6. The molecule has 0 bridgehead atoms. The quantitative estimate of drug-likeness (QED) is 0.557. The van der Waals surface area contributed by atoms with Crippen LogP contribution in [0.5, 0.6) is 0 Å². The second-order valence-electron chi connectivity index (χ2n) is 4.83. The Morgan fingerprint density at radius 2 is 0.786 bits per heavy atom. The predicted molar refractivity (Wildman–Crippen MR) is 48.3 cm³/mol. The summed E-state index contributed by atoms with van der Waals surface area (Å²) in [6.45, 7) is 0. The van der Waals surface area contributed by atoms with E-state index in [0.29, 0.717) is 0 Å². The number of hydrogen-bond acceptors (Lipinski definition) is 1. The van der Waals surface area contributed by atoms with E-state index in [1.165, 1.54) is 0 Å². The van der Waals surface area contributed by atoms with E-state index in [4.69, 9.17) is 5.11 Å². The van der Waals surface area contributed by atoms with Gasteiger partial charge < -0.3 is 5.11 Å². The minimum atomic E-state index is -8.99. The number of carboxylic acid groups (broad SMARTS) is 1. The summed E-state index contributed by atoms with van der Waals surface area (Å²) in [4.78, 5) is 9.79. The lowest BCUT2D eigenvalue weighted by atomic mass is 9.81. The van der Waals surface area contributed by atoms with E-state index in [1.807, 2.05) is 0 Å². The van der Waals surface area contributed by atoms with Gasteiger partial charge in [-0.1, -0.05) is 0 Å². The van der Waals surface area contributed by atoms with Gasteiger partial charge in [-0.15, -0.1) is 0 Å². The first-order valence-corrected chi connectivity index (χ1v) is 5.64. The van der Waals surface area contributed by atoms with Gasteiger partial charge in [-0.3, -0.25) is 0 Å². The van der Waals surface area contributed by atoms with Gasteiger partial charge in [0.1, 0.15) is 0 Å². The molecule has 0 aliphatic rings. The molecule has 1 N–H and O–H groups in total. The zero-order valence-corrected chi connectivity index (χ0v) is 11.8. The molecule has 0 fully saturated rings. The molecule has 2 nitrogen and oxygen atoms in total. The molecule has 0 aliphatic heterocycles. The number of halogens is 17. The van der Waals surface area contributed by atoms with Crippen LogP contribution in [0.1, 0.15) is 0 Å². The van der Waals surface area contributed by atoms with Crippen LogP contribution in [0.25, 0.3) is 0 Å². The third kappa shape index (κ3) is 2.91. The summed E-state index contributed by atoms with van der Waals surface area (Å²) in [6.07, 6.45) is -16.5. The molecule has 0 aromatic carbocycles. The third-order valence-corrected chi connectivity index (χ3v) is 3.06. The van der Waals surface area contributed by atoms with Crippen LogP contribution in [0.3, 0.4) is 0 Å². The Kier molecular flexibility index (Phi) is 5.76. The maximum absolute atomic E-state index is 13.4. The van der Waals surface area contributed by atoms with Gasteiger partial charge in [0.05, 0.1) is 0 Å². The number of alkyl halides is 17. The van der Waals surface area contributed by atoms with Crippen molar-refractivity contribution in [2.24, 2.45) is 0 Å². The average molecular weight is 464 g/mol. The van der Waals surface area contributed by atoms with Crippen LogP contribution in [0.2, 0.25) is 0 Å². The standard InChI is InChI=1S/C9HF17O2/c10-2(11,1(27)28)4(13,14)7(19,20)5(15,16)3(12,8(21,22)23)6(17,18)9(24,25)26/h(H,27,28). The van der Waals surface area contributed by atoms with Crippen molar-refractivity contribution in [1.29, 1.82) is 0 Å². The monoisotopic (exact) mass is 464 g/mol. The van der Waals surface area contributed by atoms with Crippen molar-refractivity contribution >= 4 is 5.97 Å². The van der Waals surface area contributed by atoms with Crippen molar-refractivity contribution in [2.45, 2.75) is 47.6 Å². The normalized spacial score (nSPS) is 18.0. The van der Waals surface area contributed by atoms with Crippen LogP contribution in [0.15, 0.2) is 0 Å². The van der Waals surface area contributed by atoms with E-state index in [9.17, 15) is 79.4 Å². The maximum Gasteiger partial charge on any atom is 0.457 e. The number of carbonyl (C=O) groups is 1. The average Bonchev–Trinajstić information content (AvgIpc) is 2.42. The number of rotatable bonds is 6. The second-order valence-corrected chi connectivity index (χ2v) is 4.83. The Bertz CT molecular complexity index is 613. The Balaban J connectivity index is 7.16. The van der Waals surface area contributed by atoms with Gasteiger partial charge in [0, 0.05) is 0 Å². The summed E-state index contributed by atoms with van der Waals surface area (Å²) >= 11 is 0. The predicted octanol–water partition coefficient (Wildman–Crippen LogP) is 5.08. The van der Waals surface area contributed by atoms with Crippen molar-refractivity contribution in [3.8, 4) is 0 Å². The Hall–Kier alpha value is -1.72. The highest BCUT2D eigenvalue weighted by Crippen LogP contribution is 2.65. The SMILES string of the molecule is O=C(O)C(F)(F)C(F)(F)C(F)(F)C(F)(F)C(F)(C(F)(F)F)C(F)(F)C(F)(F)F. The molecule has 0 rings (SSSR count). The Morgan fingerprint density at radius 3 is 1.00 bits per heavy atom. The first-order chi connectivity index (χ1) is 11.7. The smallest absolute Gasteiger partial charge is 0.457 e. The Labute approximate surface area is 139 Å². The molecule has 168 valence electrons. The molecular weight excluding hydrogens is 463 g/mol. The zero-order valence-electron chi connectivity index (χ0n) is 11.8. The van der Waals surface area contributed by atoms with Gasteiger partial charge >= 0.3 is 53.6 Å². The highest BCUT2D eigenvalue weighted by Gasteiger charge is 2.98. The molecule has 0 saturated carbocycles. The van der Waals surface area contributed by atoms with Gasteiger partial charge in [0.25, 0.3) is 0 Å². The van der Waals surface area contributed by atoms with E-state index < -0.39 is 53.6 Å². The second kappa shape index (κ2) is 6.14. The fourth-order valence-corrected chi connectivity index (χ4v) is 1.49. The summed E-state index contributed by atoms with van der Waals surface area (Å²) in [7, 11) is 0. The van der Waals surface area contributed by atoms with Crippen molar-refractivity contribution in [3.63, 3.8) is 0 Å². The van der Waals surface area contributed by atoms with Gasteiger partial charge in [-0.25, -0.2) is 9.18 Å². The molecule has 0 aromatic heterocycles. The molecule has 1 unspecified atom stereocenters. The van der Waals surface area contributed by atoms with Gasteiger partial charge in [0.2, 0.25) is 0 Å². The lowest BCUT2D eigenvalue weighted by Gasteiger charge is -2.44. The molecule has 0 aliphatic carbocycles. The van der Waals surface area contributed by atoms with Crippen molar-refractivity contribution in [2.75, 3.05) is 0 Å². The van der Waals surface area contributed by atoms with Crippen LogP contribution in [0, 0.1) is 0 Å². The highest BCUT2D eigenvalue weighted by atomic mass is 19.4. The van der Waals surface area contributed by atoms with Crippen molar-refractivity contribution in [3.05, 3.63) is 0 Å². The van der Waals surface area contributed by atoms with Gasteiger partial charge in [0.15, 0.2) is 0 Å². The van der Waals surface area contributed by atoms with Crippen molar-refractivity contribution in [1.82, 2.24) is 0 Å². The molecule has 0 saturated heterocycles. The Morgan fingerprint density at radius 1 is 0.464 bits per heavy atom. The molecule has 1 atom stereocenters. The number of carboxylic acids is 1. The van der Waals surface area contributed by atoms with E-state index in [0.717, 1.165) is 0 Å². The summed E-state index contributed by atoms with van der Waals surface area (Å²) < 4.78 is 215. The molecule has 0 radical (unpaired) electrons. The summed E-state index contributed by atoms with van der Waals surface area (Å²) in [6, 6.07) is 0. The van der Waals surface area contributed by atoms with Crippen LogP contribution in [-0.4, -0.2) is 58.7 Å². The molecule has 0 amide bonds. The lowest BCUT2D eigenvalue weighted by molar-refractivity contribution is -0.466. The van der Waals surface area contributed by atoms with Crippen molar-refractivity contribution < 1.29 is 84.5 Å². The molecule has 0 aromatic rings. The largest absolute Gasteiger partial charge is 0.477 e. The minimum Gasteiger partial charge on any atom is -0.477 e. The maximum atomic E-state index is 13.4. The lowest BCUT2D eigenvalue weighted by Crippen LogP contribution is -2.78. The molecular formula is C9HF17O2. The third-order valence-electron chi connectivity index (χ3n) is 3.06. The first-order valence-electron chi connectivity index (χ1n) is 5.64. The van der Waals surface area contributed by atoms with E-state index in [-0.39, 0.29) is 0 Å². The summed E-state index contributed by atoms with van der Waals surface area (Å²) in [5.74, 6) is -46.5. The topological polar surface area (TPSA) is 37.3 Å². The van der Waals surface area contributed by atoms with Gasteiger partial charge in [-0.2, -0.15) is 70.2 Å². The fraction of sp³-hybridized carbons (Fsp3) is 0.889. The van der Waals surface area contributed by atoms with Crippen LogP contribution in [-0.2, 0) is 4.79 Å². The first kappa shape index (κ1) is 26.3. The highest BCUT2D eigenvalue weighted by molar-refractivity contribution is 5.77. The molecule has 0 heterocycles. The number of aliphatic carboxylic acids is 1. The van der Waals surface area contributed by atoms with E-state index in [1.54, 1.807) is 0 Å². The minimum absolute atomic E-state index is 4.44. The molecule has 28 heavy (non-hydrogen) atoms. The van der Waals surface area contributed by atoms with Crippen LogP contribution < -0.4 is 0 Å². The van der Waals surface area contributed by atoms with E-state index >= 15 is 0 Å².